The van der Waals surface area contributed by atoms with Gasteiger partial charge < -0.3 is 0 Å². The fourth-order valence-corrected chi connectivity index (χ4v) is 2.26. The van der Waals surface area contributed by atoms with Crippen LogP contribution in [0.4, 0.5) is 0 Å². The molecule has 0 heterocycles. The Morgan fingerprint density at radius 1 is 1.07 bits per heavy atom. The molecule has 0 aromatic carbocycles. The van der Waals surface area contributed by atoms with Crippen molar-refractivity contribution in [2.45, 2.75) is 65.8 Å². The number of nitrogens with one attached hydrogen (secondary N) is 1. The van der Waals surface area contributed by atoms with Gasteiger partial charge in [-0.3, -0.25) is 11.3 Å². The molecule has 2 unspecified atom stereocenters. The fourth-order valence-electron chi connectivity index (χ4n) is 2.26. The first-order chi connectivity index (χ1) is 6.71. The van der Waals surface area contributed by atoms with Crippen LogP contribution >= 0.6 is 0 Å². The normalized spacial score (nSPS) is 15.9. The van der Waals surface area contributed by atoms with Gasteiger partial charge in [-0.1, -0.05) is 47.0 Å². The third kappa shape index (κ3) is 4.43. The SMILES string of the molecule is CCCC(CCC)C(NN)C(C)CC. The second-order valence-electron chi connectivity index (χ2n) is 4.42. The van der Waals surface area contributed by atoms with Gasteiger partial charge in [0.2, 0.25) is 0 Å². The van der Waals surface area contributed by atoms with Gasteiger partial charge in [0.25, 0.3) is 0 Å². The van der Waals surface area contributed by atoms with Crippen molar-refractivity contribution in [2.75, 3.05) is 0 Å². The number of nitrogens with two attached hydrogens (primary N) is 1. The van der Waals surface area contributed by atoms with Crippen molar-refractivity contribution in [3.05, 3.63) is 0 Å². The van der Waals surface area contributed by atoms with E-state index in [0.29, 0.717) is 12.0 Å². The van der Waals surface area contributed by atoms with Gasteiger partial charge in [-0.15, -0.1) is 0 Å². The van der Waals surface area contributed by atoms with Crippen molar-refractivity contribution in [3.63, 3.8) is 0 Å². The topological polar surface area (TPSA) is 38.0 Å². The van der Waals surface area contributed by atoms with Crippen molar-refractivity contribution in [1.29, 1.82) is 0 Å². The molecule has 0 amide bonds. The molecular formula is C12H28N2. The maximum absolute atomic E-state index is 5.66. The van der Waals surface area contributed by atoms with E-state index in [1.165, 1.54) is 32.1 Å². The summed E-state index contributed by atoms with van der Waals surface area (Å²) in [4.78, 5) is 0. The molecule has 0 saturated heterocycles. The van der Waals surface area contributed by atoms with Crippen LogP contribution in [-0.2, 0) is 0 Å². The molecule has 0 radical (unpaired) electrons. The van der Waals surface area contributed by atoms with Crippen LogP contribution in [-0.4, -0.2) is 6.04 Å². The summed E-state index contributed by atoms with van der Waals surface area (Å²) >= 11 is 0. The Labute approximate surface area is 89.6 Å². The summed E-state index contributed by atoms with van der Waals surface area (Å²) in [7, 11) is 0. The number of hydrogen-bond donors (Lipinski definition) is 2. The monoisotopic (exact) mass is 200 g/mol. The first kappa shape index (κ1) is 13.9. The van der Waals surface area contributed by atoms with Crippen LogP contribution < -0.4 is 11.3 Å². The lowest BCUT2D eigenvalue weighted by molar-refractivity contribution is 0.239. The first-order valence-corrected chi connectivity index (χ1v) is 6.17. The Kier molecular flexibility index (Phi) is 8.20. The maximum Gasteiger partial charge on any atom is 0.0264 e. The average Bonchev–Trinajstić information content (AvgIpc) is 2.19. The highest BCUT2D eigenvalue weighted by molar-refractivity contribution is 4.78. The van der Waals surface area contributed by atoms with E-state index >= 15 is 0 Å². The molecule has 0 bridgehead atoms. The van der Waals surface area contributed by atoms with E-state index in [2.05, 4.69) is 33.1 Å². The molecule has 0 aliphatic rings. The lowest BCUT2D eigenvalue weighted by Crippen LogP contribution is -2.45. The molecule has 0 aliphatic heterocycles. The van der Waals surface area contributed by atoms with Gasteiger partial charge in [-0.25, -0.2) is 0 Å². The highest BCUT2D eigenvalue weighted by atomic mass is 15.2. The lowest BCUT2D eigenvalue weighted by atomic mass is 9.83. The van der Waals surface area contributed by atoms with Gasteiger partial charge in [0.15, 0.2) is 0 Å². The molecule has 0 fully saturated rings. The molecule has 0 aromatic rings. The minimum Gasteiger partial charge on any atom is -0.271 e. The Balaban J connectivity index is 4.24. The van der Waals surface area contributed by atoms with Crippen LogP contribution in [0.1, 0.15) is 59.8 Å². The van der Waals surface area contributed by atoms with E-state index in [4.69, 9.17) is 5.84 Å². The van der Waals surface area contributed by atoms with Crippen LogP contribution in [0.5, 0.6) is 0 Å². The summed E-state index contributed by atoms with van der Waals surface area (Å²) in [6.45, 7) is 9.05. The third-order valence-corrected chi connectivity index (χ3v) is 3.28. The molecule has 0 aromatic heterocycles. The zero-order chi connectivity index (χ0) is 11.0. The van der Waals surface area contributed by atoms with Crippen molar-refractivity contribution >= 4 is 0 Å². The third-order valence-electron chi connectivity index (χ3n) is 3.28. The molecule has 2 atom stereocenters. The molecule has 2 nitrogen and oxygen atoms in total. The summed E-state index contributed by atoms with van der Waals surface area (Å²) < 4.78 is 0. The Hall–Kier alpha value is -0.0800. The molecule has 14 heavy (non-hydrogen) atoms. The number of hydrazine groups is 1. The highest BCUT2D eigenvalue weighted by Gasteiger charge is 2.23. The standard InChI is InChI=1S/C12H28N2/c1-5-8-11(9-6-2)12(14-13)10(4)7-3/h10-12,14H,5-9,13H2,1-4H3. The van der Waals surface area contributed by atoms with E-state index in [1.54, 1.807) is 0 Å². The van der Waals surface area contributed by atoms with Crippen molar-refractivity contribution < 1.29 is 0 Å². The second-order valence-corrected chi connectivity index (χ2v) is 4.42. The predicted molar refractivity (Wildman–Crippen MR) is 63.9 cm³/mol. The smallest absolute Gasteiger partial charge is 0.0264 e. The Bertz CT molecular complexity index is 119. The minimum absolute atomic E-state index is 0.500. The van der Waals surface area contributed by atoms with Gasteiger partial charge in [0.05, 0.1) is 0 Å². The fraction of sp³-hybridized carbons (Fsp3) is 1.00. The van der Waals surface area contributed by atoms with Crippen molar-refractivity contribution in [2.24, 2.45) is 17.7 Å². The lowest BCUT2D eigenvalue weighted by Gasteiger charge is -2.30. The summed E-state index contributed by atoms with van der Waals surface area (Å²) in [5.74, 6) is 7.10. The highest BCUT2D eigenvalue weighted by Crippen LogP contribution is 2.24. The van der Waals surface area contributed by atoms with Crippen molar-refractivity contribution in [1.82, 2.24) is 5.43 Å². The molecule has 3 N–H and O–H groups in total. The summed E-state index contributed by atoms with van der Waals surface area (Å²) in [5, 5.41) is 0. The van der Waals surface area contributed by atoms with Crippen LogP contribution in [0.2, 0.25) is 0 Å². The van der Waals surface area contributed by atoms with Gasteiger partial charge in [-0.2, -0.15) is 0 Å². The predicted octanol–water partition coefficient (Wildman–Crippen LogP) is 3.08. The van der Waals surface area contributed by atoms with Gasteiger partial charge in [0, 0.05) is 6.04 Å². The largest absolute Gasteiger partial charge is 0.271 e. The maximum atomic E-state index is 5.66. The van der Waals surface area contributed by atoms with E-state index in [9.17, 15) is 0 Å². The molecular weight excluding hydrogens is 172 g/mol. The zero-order valence-corrected chi connectivity index (χ0v) is 10.3. The molecule has 0 rings (SSSR count). The number of rotatable bonds is 8. The van der Waals surface area contributed by atoms with E-state index in [1.807, 2.05) is 0 Å². The molecule has 0 saturated carbocycles. The van der Waals surface area contributed by atoms with Crippen molar-refractivity contribution in [3.8, 4) is 0 Å². The van der Waals surface area contributed by atoms with E-state index in [-0.39, 0.29) is 0 Å². The quantitative estimate of drug-likeness (QED) is 0.467. The zero-order valence-electron chi connectivity index (χ0n) is 10.3. The molecule has 86 valence electrons. The Morgan fingerprint density at radius 2 is 1.57 bits per heavy atom. The van der Waals surface area contributed by atoms with Gasteiger partial charge in [-0.05, 0) is 24.7 Å². The van der Waals surface area contributed by atoms with Gasteiger partial charge >= 0.3 is 0 Å². The van der Waals surface area contributed by atoms with Crippen LogP contribution in [0.15, 0.2) is 0 Å². The van der Waals surface area contributed by atoms with Crippen LogP contribution in [0, 0.1) is 11.8 Å². The Morgan fingerprint density at radius 3 is 1.86 bits per heavy atom. The summed E-state index contributed by atoms with van der Waals surface area (Å²) in [6.07, 6.45) is 6.33. The average molecular weight is 200 g/mol. The molecule has 0 aliphatic carbocycles. The van der Waals surface area contributed by atoms with Crippen LogP contribution in [0.3, 0.4) is 0 Å². The van der Waals surface area contributed by atoms with Gasteiger partial charge in [0.1, 0.15) is 0 Å². The summed E-state index contributed by atoms with van der Waals surface area (Å²) in [6, 6.07) is 0.500. The number of hydrogen-bond acceptors (Lipinski definition) is 2. The van der Waals surface area contributed by atoms with Crippen LogP contribution in [0.25, 0.3) is 0 Å². The van der Waals surface area contributed by atoms with E-state index < -0.39 is 0 Å². The van der Waals surface area contributed by atoms with E-state index in [0.717, 1.165) is 5.92 Å². The second kappa shape index (κ2) is 8.25. The molecule has 2 heteroatoms. The molecule has 0 spiro atoms. The first-order valence-electron chi connectivity index (χ1n) is 6.17. The summed E-state index contributed by atoms with van der Waals surface area (Å²) in [5.41, 5.74) is 3.02. The minimum atomic E-state index is 0.500.